The van der Waals surface area contributed by atoms with Gasteiger partial charge in [-0.1, -0.05) is 6.92 Å². The molecule has 0 radical (unpaired) electrons. The highest BCUT2D eigenvalue weighted by molar-refractivity contribution is 5.63. The Balaban J connectivity index is 2.25. The fraction of sp³-hybridized carbons (Fsp3) is 0.375. The van der Waals surface area contributed by atoms with E-state index in [0.29, 0.717) is 12.4 Å². The summed E-state index contributed by atoms with van der Waals surface area (Å²) >= 11 is 0. The highest BCUT2D eigenvalue weighted by Crippen LogP contribution is 2.23. The molecular formula is C16H21N3O2. The summed E-state index contributed by atoms with van der Waals surface area (Å²) in [5, 5.41) is 3.04. The molecule has 5 heteroatoms. The van der Waals surface area contributed by atoms with Gasteiger partial charge in [-0.2, -0.15) is 0 Å². The highest BCUT2D eigenvalue weighted by atomic mass is 16.5. The summed E-state index contributed by atoms with van der Waals surface area (Å²) in [6.07, 6.45) is 1.000. The largest absolute Gasteiger partial charge is 0.494 e. The van der Waals surface area contributed by atoms with Crippen LogP contribution in [0.1, 0.15) is 19.2 Å². The Hall–Kier alpha value is -2.14. The number of benzene rings is 1. The van der Waals surface area contributed by atoms with Gasteiger partial charge < -0.3 is 14.8 Å². The Morgan fingerprint density at radius 2 is 1.90 bits per heavy atom. The van der Waals surface area contributed by atoms with Gasteiger partial charge >= 0.3 is 0 Å². The van der Waals surface area contributed by atoms with Crippen LogP contribution in [0.5, 0.6) is 5.75 Å². The van der Waals surface area contributed by atoms with E-state index in [1.807, 2.05) is 37.4 Å². The number of methoxy groups -OCH3 is 1. The van der Waals surface area contributed by atoms with Crippen LogP contribution in [0.3, 0.4) is 0 Å². The molecule has 0 unspecified atom stereocenters. The van der Waals surface area contributed by atoms with Gasteiger partial charge in [-0.25, -0.2) is 9.97 Å². The van der Waals surface area contributed by atoms with Gasteiger partial charge in [-0.05, 0) is 30.7 Å². The van der Waals surface area contributed by atoms with Crippen LogP contribution in [0.25, 0.3) is 11.3 Å². The Bertz CT molecular complexity index is 570. The maximum absolute atomic E-state index is 5.59. The van der Waals surface area contributed by atoms with Gasteiger partial charge in [0.25, 0.3) is 0 Å². The second kappa shape index (κ2) is 7.59. The Kier molecular flexibility index (Phi) is 5.51. The molecule has 0 amide bonds. The molecule has 0 saturated carbocycles. The summed E-state index contributed by atoms with van der Waals surface area (Å²) in [6, 6.07) is 9.85. The van der Waals surface area contributed by atoms with Gasteiger partial charge in [-0.15, -0.1) is 0 Å². The average Bonchev–Trinajstić information content (AvgIpc) is 2.53. The molecule has 112 valence electrons. The molecule has 1 heterocycles. The van der Waals surface area contributed by atoms with E-state index in [4.69, 9.17) is 9.47 Å². The van der Waals surface area contributed by atoms with Crippen molar-refractivity contribution in [2.45, 2.75) is 20.0 Å². The maximum Gasteiger partial charge on any atom is 0.157 e. The minimum absolute atomic E-state index is 0.389. The third-order valence-electron chi connectivity index (χ3n) is 2.92. The lowest BCUT2D eigenvalue weighted by molar-refractivity contribution is 0.178. The van der Waals surface area contributed by atoms with E-state index < -0.39 is 0 Å². The van der Waals surface area contributed by atoms with Crippen LogP contribution >= 0.6 is 0 Å². The smallest absolute Gasteiger partial charge is 0.157 e. The molecule has 0 atom stereocenters. The molecule has 2 rings (SSSR count). The SMILES string of the molecule is CCCOc1ccc(-c2cc(NC)nc(COC)n2)cc1. The number of nitrogens with zero attached hydrogens (tertiary/aromatic N) is 2. The van der Waals surface area contributed by atoms with E-state index in [-0.39, 0.29) is 0 Å². The number of ether oxygens (including phenoxy) is 2. The molecule has 0 bridgehead atoms. The van der Waals surface area contributed by atoms with Crippen molar-refractivity contribution in [1.29, 1.82) is 0 Å². The Labute approximate surface area is 125 Å². The third kappa shape index (κ3) is 4.16. The van der Waals surface area contributed by atoms with Crippen molar-refractivity contribution < 1.29 is 9.47 Å². The van der Waals surface area contributed by atoms with Crippen LogP contribution in [0, 0.1) is 0 Å². The number of rotatable bonds is 7. The first-order valence-corrected chi connectivity index (χ1v) is 7.04. The molecule has 2 aromatic rings. The second-order valence-corrected chi connectivity index (χ2v) is 4.61. The van der Waals surface area contributed by atoms with Crippen LogP contribution in [-0.2, 0) is 11.3 Å². The first-order valence-electron chi connectivity index (χ1n) is 7.04. The van der Waals surface area contributed by atoms with Crippen LogP contribution in [0.15, 0.2) is 30.3 Å². The zero-order valence-electron chi connectivity index (χ0n) is 12.7. The predicted molar refractivity (Wildman–Crippen MR) is 83.5 cm³/mol. The monoisotopic (exact) mass is 287 g/mol. The average molecular weight is 287 g/mol. The molecule has 0 fully saturated rings. The quantitative estimate of drug-likeness (QED) is 0.848. The molecule has 1 N–H and O–H groups in total. The van der Waals surface area contributed by atoms with Crippen LogP contribution in [0.4, 0.5) is 5.82 Å². The van der Waals surface area contributed by atoms with E-state index in [9.17, 15) is 0 Å². The minimum Gasteiger partial charge on any atom is -0.494 e. The molecule has 1 aromatic heterocycles. The summed E-state index contributed by atoms with van der Waals surface area (Å²) in [5.74, 6) is 2.31. The second-order valence-electron chi connectivity index (χ2n) is 4.61. The van der Waals surface area contributed by atoms with Crippen LogP contribution in [-0.4, -0.2) is 30.7 Å². The third-order valence-corrected chi connectivity index (χ3v) is 2.92. The number of anilines is 1. The summed E-state index contributed by atoms with van der Waals surface area (Å²) in [5.41, 5.74) is 1.89. The zero-order chi connectivity index (χ0) is 15.1. The number of aromatic nitrogens is 2. The number of hydrogen-bond donors (Lipinski definition) is 1. The van der Waals surface area contributed by atoms with Gasteiger partial charge in [0.05, 0.1) is 12.3 Å². The van der Waals surface area contributed by atoms with E-state index in [1.54, 1.807) is 7.11 Å². The number of hydrogen-bond acceptors (Lipinski definition) is 5. The van der Waals surface area contributed by atoms with Gasteiger partial charge in [0.2, 0.25) is 0 Å². The lowest BCUT2D eigenvalue weighted by atomic mass is 10.1. The molecule has 0 aliphatic heterocycles. The van der Waals surface area contributed by atoms with Gasteiger partial charge in [-0.3, -0.25) is 0 Å². The fourth-order valence-electron chi connectivity index (χ4n) is 1.91. The van der Waals surface area contributed by atoms with Crippen molar-refractivity contribution in [2.75, 3.05) is 26.1 Å². The summed E-state index contributed by atoms with van der Waals surface area (Å²) < 4.78 is 10.7. The van der Waals surface area contributed by atoms with Crippen molar-refractivity contribution in [1.82, 2.24) is 9.97 Å². The van der Waals surface area contributed by atoms with Crippen molar-refractivity contribution in [3.8, 4) is 17.0 Å². The van der Waals surface area contributed by atoms with Crippen LogP contribution in [0.2, 0.25) is 0 Å². The van der Waals surface area contributed by atoms with Gasteiger partial charge in [0.1, 0.15) is 18.2 Å². The maximum atomic E-state index is 5.59. The van der Waals surface area contributed by atoms with Crippen molar-refractivity contribution in [2.24, 2.45) is 0 Å². The highest BCUT2D eigenvalue weighted by Gasteiger charge is 2.06. The molecule has 0 aliphatic carbocycles. The molecule has 1 aromatic carbocycles. The molecule has 0 spiro atoms. The molecular weight excluding hydrogens is 266 g/mol. The summed E-state index contributed by atoms with van der Waals surface area (Å²) in [4.78, 5) is 8.87. The van der Waals surface area contributed by atoms with E-state index in [0.717, 1.165) is 35.9 Å². The van der Waals surface area contributed by atoms with E-state index in [2.05, 4.69) is 22.2 Å². The standard InChI is InChI=1S/C16H21N3O2/c1-4-9-21-13-7-5-12(6-8-13)14-10-15(17-2)19-16(18-14)11-20-3/h5-8,10H,4,9,11H2,1-3H3,(H,17,18,19). The molecule has 5 nitrogen and oxygen atoms in total. The summed E-state index contributed by atoms with van der Waals surface area (Å²) in [6.45, 7) is 3.21. The first kappa shape index (κ1) is 15.3. The molecule has 21 heavy (non-hydrogen) atoms. The fourth-order valence-corrected chi connectivity index (χ4v) is 1.91. The van der Waals surface area contributed by atoms with E-state index in [1.165, 1.54) is 0 Å². The number of nitrogens with one attached hydrogen (secondary N) is 1. The van der Waals surface area contributed by atoms with Gasteiger partial charge in [0, 0.05) is 25.8 Å². The van der Waals surface area contributed by atoms with Crippen molar-refractivity contribution >= 4 is 5.82 Å². The topological polar surface area (TPSA) is 56.3 Å². The predicted octanol–water partition coefficient (Wildman–Crippen LogP) is 3.12. The Morgan fingerprint density at radius 3 is 2.52 bits per heavy atom. The van der Waals surface area contributed by atoms with Crippen molar-refractivity contribution in [3.05, 3.63) is 36.2 Å². The van der Waals surface area contributed by atoms with Crippen LogP contribution < -0.4 is 10.1 Å². The minimum atomic E-state index is 0.389. The van der Waals surface area contributed by atoms with Gasteiger partial charge in [0.15, 0.2) is 5.82 Å². The lowest BCUT2D eigenvalue weighted by Crippen LogP contribution is -2.02. The Morgan fingerprint density at radius 1 is 1.14 bits per heavy atom. The van der Waals surface area contributed by atoms with E-state index >= 15 is 0 Å². The summed E-state index contributed by atoms with van der Waals surface area (Å²) in [7, 11) is 3.47. The molecule has 0 aliphatic rings. The van der Waals surface area contributed by atoms with Crippen molar-refractivity contribution in [3.63, 3.8) is 0 Å². The lowest BCUT2D eigenvalue weighted by Gasteiger charge is -2.09. The molecule has 0 saturated heterocycles. The normalized spacial score (nSPS) is 10.4. The zero-order valence-corrected chi connectivity index (χ0v) is 12.7. The first-order chi connectivity index (χ1) is 10.3.